The first-order valence-electron chi connectivity index (χ1n) is 10.9. The molecule has 2 fully saturated rings. The van der Waals surface area contributed by atoms with Gasteiger partial charge in [-0.2, -0.15) is 5.10 Å². The lowest BCUT2D eigenvalue weighted by Gasteiger charge is -2.57. The van der Waals surface area contributed by atoms with Gasteiger partial charge in [0, 0.05) is 0 Å². The fraction of sp³-hybridized carbons (Fsp3) is 0.696. The smallest absolute Gasteiger partial charge is 0.180 e. The van der Waals surface area contributed by atoms with Crippen LogP contribution in [0.4, 0.5) is 0 Å². The highest BCUT2D eigenvalue weighted by Crippen LogP contribution is 2.65. The molecule has 1 aromatic rings. The van der Waals surface area contributed by atoms with Gasteiger partial charge in [-0.1, -0.05) is 31.6 Å². The Labute approximate surface area is 166 Å². The molecule has 4 aliphatic rings. The predicted molar refractivity (Wildman–Crippen MR) is 106 cm³/mol. The summed E-state index contributed by atoms with van der Waals surface area (Å²) in [7, 11) is 0. The second-order valence-corrected chi connectivity index (χ2v) is 9.98. The quantitative estimate of drug-likeness (QED) is 0.811. The first-order valence-corrected chi connectivity index (χ1v) is 10.9. The maximum Gasteiger partial charge on any atom is 0.180 e. The van der Waals surface area contributed by atoms with E-state index in [1.54, 1.807) is 11.0 Å². The molecule has 1 aromatic heterocycles. The molecule has 28 heavy (non-hydrogen) atoms. The summed E-state index contributed by atoms with van der Waals surface area (Å²) < 4.78 is 1.63. The number of aromatic nitrogens is 3. The Morgan fingerprint density at radius 3 is 2.79 bits per heavy atom. The van der Waals surface area contributed by atoms with Crippen LogP contribution in [0.5, 0.6) is 0 Å². The van der Waals surface area contributed by atoms with Crippen LogP contribution in [0.2, 0.25) is 0 Å². The van der Waals surface area contributed by atoms with Crippen molar-refractivity contribution in [2.24, 2.45) is 28.6 Å². The fourth-order valence-corrected chi connectivity index (χ4v) is 7.19. The Kier molecular flexibility index (Phi) is 4.17. The lowest BCUT2D eigenvalue weighted by molar-refractivity contribution is -0.118. The molecular weight excluding hydrogens is 350 g/mol. The summed E-state index contributed by atoms with van der Waals surface area (Å²) in [4.78, 5) is 17.0. The van der Waals surface area contributed by atoms with Crippen LogP contribution in [0.3, 0.4) is 0 Å². The van der Waals surface area contributed by atoms with Gasteiger partial charge < -0.3 is 5.11 Å². The number of hydrogen-bond donors (Lipinski definition) is 1. The van der Waals surface area contributed by atoms with Crippen LogP contribution in [-0.4, -0.2) is 31.8 Å². The van der Waals surface area contributed by atoms with Crippen LogP contribution in [-0.2, 0) is 11.3 Å². The van der Waals surface area contributed by atoms with E-state index in [9.17, 15) is 9.90 Å². The molecule has 0 saturated heterocycles. The van der Waals surface area contributed by atoms with E-state index in [0.717, 1.165) is 44.1 Å². The number of carbonyl (C=O) groups excluding carboxylic acids is 1. The highest BCUT2D eigenvalue weighted by atomic mass is 16.3. The normalized spacial score (nSPS) is 42.1. The average molecular weight is 382 g/mol. The number of aliphatic hydroxyl groups is 1. The zero-order valence-electron chi connectivity index (χ0n) is 17.0. The second-order valence-electron chi connectivity index (χ2n) is 9.98. The maximum absolute atomic E-state index is 13.1. The number of allylic oxidation sites excluding steroid dienone is 3. The van der Waals surface area contributed by atoms with Crippen LogP contribution in [0, 0.1) is 28.6 Å². The van der Waals surface area contributed by atoms with Crippen molar-refractivity contribution in [3.63, 3.8) is 0 Å². The van der Waals surface area contributed by atoms with E-state index < -0.39 is 0 Å². The molecule has 0 aromatic carbocycles. The molecule has 150 valence electrons. The van der Waals surface area contributed by atoms with Crippen molar-refractivity contribution in [2.45, 2.75) is 71.4 Å². The summed E-state index contributed by atoms with van der Waals surface area (Å²) in [5.41, 5.74) is 2.78. The van der Waals surface area contributed by atoms with Gasteiger partial charge in [-0.3, -0.25) is 4.79 Å². The van der Waals surface area contributed by atoms with Gasteiger partial charge in [0.15, 0.2) is 5.78 Å². The summed E-state index contributed by atoms with van der Waals surface area (Å²) >= 11 is 0. The topological polar surface area (TPSA) is 68.0 Å². The fourth-order valence-electron chi connectivity index (χ4n) is 7.19. The molecule has 0 radical (unpaired) electrons. The Bertz CT molecular complexity index is 842. The third-order valence-electron chi connectivity index (χ3n) is 8.73. The van der Waals surface area contributed by atoms with E-state index in [4.69, 9.17) is 0 Å². The van der Waals surface area contributed by atoms with Crippen molar-refractivity contribution in [3.8, 4) is 0 Å². The summed E-state index contributed by atoms with van der Waals surface area (Å²) in [6.07, 6.45) is 15.0. The molecule has 0 aliphatic heterocycles. The average Bonchev–Trinajstić information content (AvgIpc) is 3.29. The molecule has 5 rings (SSSR count). The van der Waals surface area contributed by atoms with Crippen molar-refractivity contribution in [1.29, 1.82) is 0 Å². The molecular formula is C23H31N3O2. The molecule has 1 heterocycles. The van der Waals surface area contributed by atoms with Crippen molar-refractivity contribution in [3.05, 3.63) is 36.0 Å². The van der Waals surface area contributed by atoms with Gasteiger partial charge in [-0.15, -0.1) is 0 Å². The minimum absolute atomic E-state index is 0.00524. The molecule has 4 aliphatic carbocycles. The number of hydrogen-bond acceptors (Lipinski definition) is 4. The Morgan fingerprint density at radius 2 is 2.00 bits per heavy atom. The monoisotopic (exact) mass is 381 g/mol. The number of rotatable bonds is 3. The van der Waals surface area contributed by atoms with E-state index >= 15 is 0 Å². The van der Waals surface area contributed by atoms with Gasteiger partial charge >= 0.3 is 0 Å². The Hall–Kier alpha value is -1.75. The van der Waals surface area contributed by atoms with E-state index in [1.165, 1.54) is 18.3 Å². The van der Waals surface area contributed by atoms with Crippen LogP contribution in [0.25, 0.3) is 0 Å². The molecule has 5 heteroatoms. The van der Waals surface area contributed by atoms with Gasteiger partial charge in [0.25, 0.3) is 0 Å². The molecule has 0 spiro atoms. The third-order valence-corrected chi connectivity index (χ3v) is 8.73. The number of nitrogens with zero attached hydrogens (tertiary/aromatic N) is 3. The van der Waals surface area contributed by atoms with E-state index in [-0.39, 0.29) is 22.7 Å². The number of carbonyl (C=O) groups is 1. The van der Waals surface area contributed by atoms with Crippen LogP contribution < -0.4 is 0 Å². The minimum Gasteiger partial charge on any atom is -0.393 e. The third kappa shape index (κ3) is 2.58. The largest absolute Gasteiger partial charge is 0.393 e. The SMILES string of the molecule is C[C@]12CC[C@H](O)CC1=CC[C@@H]1[C@@H]2CC[C@]2(C)C(C(=O)Cn3cncn3)=CC[C@@H]12. The summed E-state index contributed by atoms with van der Waals surface area (Å²) in [6.45, 7) is 5.07. The predicted octanol–water partition coefficient (Wildman–Crippen LogP) is 3.71. The van der Waals surface area contributed by atoms with Crippen LogP contribution in [0.15, 0.2) is 36.0 Å². The van der Waals surface area contributed by atoms with Gasteiger partial charge in [-0.05, 0) is 79.1 Å². The summed E-state index contributed by atoms with van der Waals surface area (Å²) in [5.74, 6) is 2.10. The van der Waals surface area contributed by atoms with Crippen molar-refractivity contribution in [2.75, 3.05) is 0 Å². The number of aliphatic hydroxyl groups excluding tert-OH is 1. The zero-order valence-corrected chi connectivity index (χ0v) is 17.0. The number of fused-ring (bicyclic) bond motifs is 5. The molecule has 0 bridgehead atoms. The minimum atomic E-state index is -0.154. The van der Waals surface area contributed by atoms with Gasteiger partial charge in [0.2, 0.25) is 0 Å². The summed E-state index contributed by atoms with van der Waals surface area (Å²) in [6, 6.07) is 0. The van der Waals surface area contributed by atoms with E-state index in [0.29, 0.717) is 24.3 Å². The van der Waals surface area contributed by atoms with Crippen molar-refractivity contribution in [1.82, 2.24) is 14.8 Å². The highest BCUT2D eigenvalue weighted by molar-refractivity contribution is 5.97. The second kappa shape index (κ2) is 6.38. The van der Waals surface area contributed by atoms with Crippen LogP contribution in [0.1, 0.15) is 58.8 Å². The Morgan fingerprint density at radius 1 is 1.18 bits per heavy atom. The van der Waals surface area contributed by atoms with Gasteiger partial charge in [0.1, 0.15) is 19.2 Å². The van der Waals surface area contributed by atoms with Gasteiger partial charge in [-0.25, -0.2) is 9.67 Å². The maximum atomic E-state index is 13.1. The molecule has 2 saturated carbocycles. The first-order chi connectivity index (χ1) is 13.4. The van der Waals surface area contributed by atoms with Crippen LogP contribution >= 0.6 is 0 Å². The van der Waals surface area contributed by atoms with Gasteiger partial charge in [0.05, 0.1) is 6.10 Å². The lowest BCUT2D eigenvalue weighted by atomic mass is 9.47. The zero-order chi connectivity index (χ0) is 19.5. The highest BCUT2D eigenvalue weighted by Gasteiger charge is 2.57. The summed E-state index contributed by atoms with van der Waals surface area (Å²) in [5, 5.41) is 14.3. The van der Waals surface area contributed by atoms with Crippen molar-refractivity contribution < 1.29 is 9.90 Å². The lowest BCUT2D eigenvalue weighted by Crippen LogP contribution is -2.50. The molecule has 1 N–H and O–H groups in total. The standard InChI is InChI=1S/C23H31N3O2/c1-22-9-7-16(27)11-15(22)3-4-17-18-5-6-20(23(18,2)10-8-19(17)22)21(28)12-26-14-24-13-25-26/h3,6,13-14,16-19,27H,4-5,7-12H2,1-2H3/t16-,17-,18-,19-,22-,23-/m0/s1. The first kappa shape index (κ1) is 18.3. The molecule has 0 unspecified atom stereocenters. The number of Topliss-reactive ketones (excluding diaryl/α,β-unsaturated/α-hetero) is 1. The van der Waals surface area contributed by atoms with E-state index in [2.05, 4.69) is 36.1 Å². The molecule has 0 amide bonds. The molecule has 6 atom stereocenters. The Balaban J connectivity index is 1.40. The van der Waals surface area contributed by atoms with Crippen molar-refractivity contribution >= 4 is 5.78 Å². The van der Waals surface area contributed by atoms with E-state index in [1.807, 2.05) is 0 Å². The number of ketones is 1. The molecule has 5 nitrogen and oxygen atoms in total.